The van der Waals surface area contributed by atoms with Crippen LogP contribution in [0.5, 0.6) is 0 Å². The Labute approximate surface area is 88.7 Å². The molecule has 2 N–H and O–H groups in total. The SMILES string of the molecule is CCOC(=O)C(C)C(=O)OCC.NC=O. The third-order valence-electron chi connectivity index (χ3n) is 1.28. The zero-order valence-corrected chi connectivity index (χ0v) is 9.19. The van der Waals surface area contributed by atoms with Crippen molar-refractivity contribution < 1.29 is 23.9 Å². The molecule has 0 fully saturated rings. The van der Waals surface area contributed by atoms with Gasteiger partial charge in [-0.2, -0.15) is 0 Å². The topological polar surface area (TPSA) is 95.7 Å². The van der Waals surface area contributed by atoms with E-state index in [4.69, 9.17) is 4.79 Å². The van der Waals surface area contributed by atoms with Crippen LogP contribution < -0.4 is 5.73 Å². The highest BCUT2D eigenvalue weighted by molar-refractivity contribution is 5.94. The Balaban J connectivity index is 0. The van der Waals surface area contributed by atoms with Crippen LogP contribution in [-0.4, -0.2) is 31.6 Å². The first-order valence-corrected chi connectivity index (χ1v) is 4.53. The van der Waals surface area contributed by atoms with Crippen LogP contribution in [0.1, 0.15) is 20.8 Å². The van der Waals surface area contributed by atoms with E-state index in [1.54, 1.807) is 13.8 Å². The molecule has 0 aliphatic rings. The summed E-state index contributed by atoms with van der Waals surface area (Å²) in [6, 6.07) is 0. The highest BCUT2D eigenvalue weighted by atomic mass is 16.6. The number of ether oxygens (including phenoxy) is 2. The maximum absolute atomic E-state index is 10.9. The van der Waals surface area contributed by atoms with Gasteiger partial charge in [-0.25, -0.2) is 0 Å². The lowest BCUT2D eigenvalue weighted by molar-refractivity contribution is -0.160. The predicted molar refractivity (Wildman–Crippen MR) is 52.7 cm³/mol. The minimum absolute atomic E-state index is 0.250. The van der Waals surface area contributed by atoms with Crippen molar-refractivity contribution in [3.8, 4) is 0 Å². The van der Waals surface area contributed by atoms with Gasteiger partial charge in [0.25, 0.3) is 0 Å². The molecule has 0 aromatic carbocycles. The highest BCUT2D eigenvalue weighted by Gasteiger charge is 2.23. The number of hydrogen-bond acceptors (Lipinski definition) is 5. The molecule has 0 spiro atoms. The lowest BCUT2D eigenvalue weighted by Gasteiger charge is -2.08. The number of primary amides is 1. The van der Waals surface area contributed by atoms with E-state index in [0.29, 0.717) is 0 Å². The van der Waals surface area contributed by atoms with Crippen LogP contribution in [0.4, 0.5) is 0 Å². The average molecular weight is 219 g/mol. The second-order valence-electron chi connectivity index (χ2n) is 2.36. The summed E-state index contributed by atoms with van der Waals surface area (Å²) in [4.78, 5) is 30.5. The molecule has 88 valence electrons. The molecule has 0 bridgehead atoms. The van der Waals surface area contributed by atoms with Crippen molar-refractivity contribution in [1.29, 1.82) is 0 Å². The van der Waals surface area contributed by atoms with Crippen LogP contribution in [0, 0.1) is 5.92 Å². The zero-order chi connectivity index (χ0) is 12.3. The van der Waals surface area contributed by atoms with Gasteiger partial charge in [0.05, 0.1) is 13.2 Å². The third kappa shape index (κ3) is 8.73. The van der Waals surface area contributed by atoms with E-state index in [-0.39, 0.29) is 19.6 Å². The third-order valence-corrected chi connectivity index (χ3v) is 1.28. The van der Waals surface area contributed by atoms with Crippen molar-refractivity contribution in [1.82, 2.24) is 0 Å². The maximum atomic E-state index is 10.9. The van der Waals surface area contributed by atoms with E-state index in [1.807, 2.05) is 0 Å². The molecule has 0 atom stereocenters. The first-order chi connectivity index (χ1) is 7.04. The van der Waals surface area contributed by atoms with Crippen LogP contribution in [0.2, 0.25) is 0 Å². The molecule has 6 nitrogen and oxygen atoms in total. The van der Waals surface area contributed by atoms with Crippen molar-refractivity contribution in [2.45, 2.75) is 20.8 Å². The number of amides is 1. The summed E-state index contributed by atoms with van der Waals surface area (Å²) in [5, 5.41) is 0. The van der Waals surface area contributed by atoms with E-state index < -0.39 is 17.9 Å². The second-order valence-corrected chi connectivity index (χ2v) is 2.36. The molecule has 6 heteroatoms. The summed E-state index contributed by atoms with van der Waals surface area (Å²) >= 11 is 0. The molecule has 0 unspecified atom stereocenters. The van der Waals surface area contributed by atoms with Crippen LogP contribution >= 0.6 is 0 Å². The standard InChI is InChI=1S/C8H14O4.CH3NO/c1-4-11-7(9)6(3)8(10)12-5-2;2-1-3/h6H,4-5H2,1-3H3;1H,(H2,2,3). The van der Waals surface area contributed by atoms with Gasteiger partial charge >= 0.3 is 11.9 Å². The van der Waals surface area contributed by atoms with Gasteiger partial charge in [0.15, 0.2) is 5.92 Å². The van der Waals surface area contributed by atoms with E-state index in [2.05, 4.69) is 15.2 Å². The van der Waals surface area contributed by atoms with Gasteiger partial charge in [0.2, 0.25) is 6.41 Å². The van der Waals surface area contributed by atoms with Gasteiger partial charge in [-0.3, -0.25) is 14.4 Å². The summed E-state index contributed by atoms with van der Waals surface area (Å²) < 4.78 is 9.26. The summed E-state index contributed by atoms with van der Waals surface area (Å²) in [5.41, 5.74) is 4.17. The summed E-state index contributed by atoms with van der Waals surface area (Å²) in [6.07, 6.45) is 0.250. The Morgan fingerprint density at radius 3 is 1.67 bits per heavy atom. The number of nitrogens with two attached hydrogens (primary N) is 1. The number of carbonyl (C=O) groups is 3. The summed E-state index contributed by atoms with van der Waals surface area (Å²) in [7, 11) is 0. The van der Waals surface area contributed by atoms with Gasteiger partial charge in [-0.05, 0) is 20.8 Å². The lowest BCUT2D eigenvalue weighted by Crippen LogP contribution is -2.25. The van der Waals surface area contributed by atoms with Crippen molar-refractivity contribution >= 4 is 18.3 Å². The van der Waals surface area contributed by atoms with Gasteiger partial charge in [-0.1, -0.05) is 0 Å². The molecule has 0 aromatic heterocycles. The fraction of sp³-hybridized carbons (Fsp3) is 0.667. The maximum Gasteiger partial charge on any atom is 0.320 e. The van der Waals surface area contributed by atoms with Gasteiger partial charge < -0.3 is 15.2 Å². The minimum atomic E-state index is -0.815. The lowest BCUT2D eigenvalue weighted by atomic mass is 10.2. The van der Waals surface area contributed by atoms with E-state index in [0.717, 1.165) is 0 Å². The van der Waals surface area contributed by atoms with E-state index in [9.17, 15) is 9.59 Å². The van der Waals surface area contributed by atoms with Crippen molar-refractivity contribution in [3.63, 3.8) is 0 Å². The average Bonchev–Trinajstić information content (AvgIpc) is 2.18. The normalized spacial score (nSPS) is 8.53. The number of rotatable bonds is 4. The first kappa shape index (κ1) is 15.9. The fourth-order valence-corrected chi connectivity index (χ4v) is 0.631. The van der Waals surface area contributed by atoms with Gasteiger partial charge in [0, 0.05) is 0 Å². The molecule has 15 heavy (non-hydrogen) atoms. The second kappa shape index (κ2) is 10.5. The number of esters is 2. The van der Waals surface area contributed by atoms with Crippen molar-refractivity contribution in [2.75, 3.05) is 13.2 Å². The summed E-state index contributed by atoms with van der Waals surface area (Å²) in [5.74, 6) is -1.88. The Hall–Kier alpha value is -1.59. The molecule has 0 aliphatic carbocycles. The monoisotopic (exact) mass is 219 g/mol. The predicted octanol–water partition coefficient (Wildman–Crippen LogP) is -0.150. The molecule has 0 heterocycles. The molecule has 0 saturated heterocycles. The fourth-order valence-electron chi connectivity index (χ4n) is 0.631. The number of carbonyl (C=O) groups excluding carboxylic acids is 3. The Morgan fingerprint density at radius 2 is 1.47 bits per heavy atom. The highest BCUT2D eigenvalue weighted by Crippen LogP contribution is 2.01. The molecular formula is C9H17NO5. The summed E-state index contributed by atoms with van der Waals surface area (Å²) in [6.45, 7) is 5.41. The first-order valence-electron chi connectivity index (χ1n) is 4.53. The van der Waals surface area contributed by atoms with Crippen LogP contribution in [0.3, 0.4) is 0 Å². The zero-order valence-electron chi connectivity index (χ0n) is 9.19. The molecular weight excluding hydrogens is 202 g/mol. The van der Waals surface area contributed by atoms with Crippen LogP contribution in [0.25, 0.3) is 0 Å². The smallest absolute Gasteiger partial charge is 0.320 e. The van der Waals surface area contributed by atoms with Gasteiger partial charge in [0.1, 0.15) is 0 Å². The van der Waals surface area contributed by atoms with Crippen molar-refractivity contribution in [3.05, 3.63) is 0 Å². The Bertz CT molecular complexity index is 187. The van der Waals surface area contributed by atoms with Gasteiger partial charge in [-0.15, -0.1) is 0 Å². The molecule has 0 aromatic rings. The Morgan fingerprint density at radius 1 is 1.20 bits per heavy atom. The Kier molecular flexibility index (Phi) is 11.1. The van der Waals surface area contributed by atoms with Crippen molar-refractivity contribution in [2.24, 2.45) is 11.7 Å². The molecule has 1 amide bonds. The molecule has 0 rings (SSSR count). The quantitative estimate of drug-likeness (QED) is 0.403. The molecule has 0 saturated carbocycles. The van der Waals surface area contributed by atoms with E-state index >= 15 is 0 Å². The molecule has 0 radical (unpaired) electrons. The molecule has 0 aliphatic heterocycles. The minimum Gasteiger partial charge on any atom is -0.465 e. The van der Waals surface area contributed by atoms with E-state index in [1.165, 1.54) is 6.92 Å². The van der Waals surface area contributed by atoms with Crippen LogP contribution in [-0.2, 0) is 23.9 Å². The van der Waals surface area contributed by atoms with Crippen LogP contribution in [0.15, 0.2) is 0 Å². The largest absolute Gasteiger partial charge is 0.465 e. The number of hydrogen-bond donors (Lipinski definition) is 1.